The number of carbonyl (C=O) groups excluding carboxylic acids is 2. The summed E-state index contributed by atoms with van der Waals surface area (Å²) < 4.78 is 5.17. The number of primary amides is 1. The van der Waals surface area contributed by atoms with E-state index in [1.165, 1.54) is 5.38 Å². The lowest BCUT2D eigenvalue weighted by molar-refractivity contribution is 0.0992. The SMILES string of the molecule is COc1cc(C(=O)Nc2nc(C(N)=O)cs2)ccc1C. The third-order valence-electron chi connectivity index (χ3n) is 2.65. The summed E-state index contributed by atoms with van der Waals surface area (Å²) >= 11 is 1.14. The fourth-order valence-corrected chi connectivity index (χ4v) is 2.27. The summed E-state index contributed by atoms with van der Waals surface area (Å²) in [6, 6.07) is 5.13. The summed E-state index contributed by atoms with van der Waals surface area (Å²) in [7, 11) is 1.55. The van der Waals surface area contributed by atoms with Gasteiger partial charge in [0.05, 0.1) is 7.11 Å². The predicted octanol–water partition coefficient (Wildman–Crippen LogP) is 1.81. The molecule has 0 unspecified atom stereocenters. The van der Waals surface area contributed by atoms with E-state index in [0.29, 0.717) is 16.4 Å². The lowest BCUT2D eigenvalue weighted by Gasteiger charge is -2.07. The van der Waals surface area contributed by atoms with Gasteiger partial charge < -0.3 is 10.5 Å². The van der Waals surface area contributed by atoms with Gasteiger partial charge in [-0.05, 0) is 24.6 Å². The molecule has 1 heterocycles. The van der Waals surface area contributed by atoms with E-state index >= 15 is 0 Å². The van der Waals surface area contributed by atoms with Gasteiger partial charge in [-0.15, -0.1) is 11.3 Å². The molecule has 0 radical (unpaired) electrons. The average molecular weight is 291 g/mol. The normalized spacial score (nSPS) is 10.1. The molecule has 7 heteroatoms. The summed E-state index contributed by atoms with van der Waals surface area (Å²) in [5.41, 5.74) is 6.62. The third-order valence-corrected chi connectivity index (χ3v) is 3.41. The van der Waals surface area contributed by atoms with Crippen LogP contribution in [0.15, 0.2) is 23.6 Å². The zero-order valence-electron chi connectivity index (χ0n) is 11.0. The van der Waals surface area contributed by atoms with Crippen LogP contribution in [0.2, 0.25) is 0 Å². The minimum absolute atomic E-state index is 0.131. The first-order chi connectivity index (χ1) is 9.51. The number of benzene rings is 1. The number of hydrogen-bond donors (Lipinski definition) is 2. The van der Waals surface area contributed by atoms with Crippen molar-refractivity contribution in [3.63, 3.8) is 0 Å². The number of anilines is 1. The molecule has 0 atom stereocenters. The summed E-state index contributed by atoms with van der Waals surface area (Å²) in [5.74, 6) is -0.318. The number of aromatic nitrogens is 1. The topological polar surface area (TPSA) is 94.3 Å². The second-order valence-electron chi connectivity index (χ2n) is 4.04. The molecule has 0 spiro atoms. The Kier molecular flexibility index (Phi) is 3.99. The number of carbonyl (C=O) groups is 2. The van der Waals surface area contributed by atoms with Gasteiger partial charge in [-0.3, -0.25) is 14.9 Å². The maximum absolute atomic E-state index is 12.1. The number of ether oxygens (including phenoxy) is 1. The van der Waals surface area contributed by atoms with Gasteiger partial charge in [0.2, 0.25) is 0 Å². The number of hydrogen-bond acceptors (Lipinski definition) is 5. The Morgan fingerprint density at radius 2 is 2.15 bits per heavy atom. The molecule has 0 aliphatic heterocycles. The maximum Gasteiger partial charge on any atom is 0.268 e. The molecule has 2 aromatic rings. The number of aryl methyl sites for hydroxylation is 1. The predicted molar refractivity (Wildman–Crippen MR) is 76.3 cm³/mol. The standard InChI is InChI=1S/C13H13N3O3S/c1-7-3-4-8(5-10(7)19-2)12(18)16-13-15-9(6-20-13)11(14)17/h3-6H,1-2H3,(H2,14,17)(H,15,16,18). The lowest BCUT2D eigenvalue weighted by atomic mass is 10.1. The number of thiazole rings is 1. The van der Waals surface area contributed by atoms with E-state index in [4.69, 9.17) is 10.5 Å². The first-order valence-corrected chi connectivity index (χ1v) is 6.60. The Morgan fingerprint density at radius 3 is 2.75 bits per heavy atom. The van der Waals surface area contributed by atoms with Crippen LogP contribution in [0.25, 0.3) is 0 Å². The zero-order valence-corrected chi connectivity index (χ0v) is 11.8. The average Bonchev–Trinajstić information content (AvgIpc) is 2.88. The maximum atomic E-state index is 12.1. The Bertz CT molecular complexity index is 667. The molecule has 1 aromatic heterocycles. The minimum Gasteiger partial charge on any atom is -0.496 e. The van der Waals surface area contributed by atoms with Crippen molar-refractivity contribution in [3.8, 4) is 5.75 Å². The van der Waals surface area contributed by atoms with Crippen molar-refractivity contribution in [1.29, 1.82) is 0 Å². The Labute approximate surface area is 119 Å². The van der Waals surface area contributed by atoms with Crippen molar-refractivity contribution in [2.75, 3.05) is 12.4 Å². The highest BCUT2D eigenvalue weighted by Gasteiger charge is 2.12. The molecular weight excluding hydrogens is 278 g/mol. The number of rotatable bonds is 4. The lowest BCUT2D eigenvalue weighted by Crippen LogP contribution is -2.14. The van der Waals surface area contributed by atoms with Crippen LogP contribution in [0.5, 0.6) is 5.75 Å². The Balaban J connectivity index is 2.17. The molecule has 0 bridgehead atoms. The number of nitrogens with zero attached hydrogens (tertiary/aromatic N) is 1. The van der Waals surface area contributed by atoms with E-state index in [-0.39, 0.29) is 11.6 Å². The molecule has 20 heavy (non-hydrogen) atoms. The van der Waals surface area contributed by atoms with Gasteiger partial charge in [0.1, 0.15) is 11.4 Å². The van der Waals surface area contributed by atoms with Crippen molar-refractivity contribution < 1.29 is 14.3 Å². The van der Waals surface area contributed by atoms with Crippen molar-refractivity contribution in [3.05, 3.63) is 40.4 Å². The van der Waals surface area contributed by atoms with Crippen LogP contribution in [0.4, 0.5) is 5.13 Å². The van der Waals surface area contributed by atoms with Crippen LogP contribution in [-0.2, 0) is 0 Å². The van der Waals surface area contributed by atoms with Gasteiger partial charge in [-0.25, -0.2) is 4.98 Å². The summed E-state index contributed by atoms with van der Waals surface area (Å²) in [5, 5.41) is 4.43. The monoisotopic (exact) mass is 291 g/mol. The highest BCUT2D eigenvalue weighted by molar-refractivity contribution is 7.14. The fraction of sp³-hybridized carbons (Fsp3) is 0.154. The third kappa shape index (κ3) is 2.94. The van der Waals surface area contributed by atoms with E-state index in [2.05, 4.69) is 10.3 Å². The molecule has 0 saturated heterocycles. The molecule has 104 valence electrons. The highest BCUT2D eigenvalue weighted by Crippen LogP contribution is 2.21. The zero-order chi connectivity index (χ0) is 14.7. The van der Waals surface area contributed by atoms with E-state index in [1.54, 1.807) is 25.3 Å². The van der Waals surface area contributed by atoms with Crippen molar-refractivity contribution in [2.24, 2.45) is 5.73 Å². The van der Waals surface area contributed by atoms with Crippen LogP contribution in [0, 0.1) is 6.92 Å². The Hall–Kier alpha value is -2.41. The summed E-state index contributed by atoms with van der Waals surface area (Å²) in [4.78, 5) is 26.9. The molecule has 2 rings (SSSR count). The minimum atomic E-state index is -0.626. The highest BCUT2D eigenvalue weighted by atomic mass is 32.1. The smallest absolute Gasteiger partial charge is 0.268 e. The van der Waals surface area contributed by atoms with E-state index < -0.39 is 5.91 Å². The second kappa shape index (κ2) is 5.70. The number of nitrogens with one attached hydrogen (secondary N) is 1. The quantitative estimate of drug-likeness (QED) is 0.898. The molecule has 0 saturated carbocycles. The van der Waals surface area contributed by atoms with E-state index in [0.717, 1.165) is 16.9 Å². The van der Waals surface area contributed by atoms with Crippen LogP contribution in [0.3, 0.4) is 0 Å². The van der Waals surface area contributed by atoms with Crippen LogP contribution < -0.4 is 15.8 Å². The van der Waals surface area contributed by atoms with Gasteiger partial charge in [0.15, 0.2) is 5.13 Å². The fourth-order valence-electron chi connectivity index (χ4n) is 1.57. The summed E-state index contributed by atoms with van der Waals surface area (Å²) in [6.45, 7) is 1.89. The van der Waals surface area contributed by atoms with Crippen LogP contribution >= 0.6 is 11.3 Å². The molecule has 0 aliphatic carbocycles. The molecule has 2 amide bonds. The molecule has 3 N–H and O–H groups in total. The van der Waals surface area contributed by atoms with Crippen LogP contribution in [-0.4, -0.2) is 23.9 Å². The second-order valence-corrected chi connectivity index (χ2v) is 4.90. The number of amides is 2. The Morgan fingerprint density at radius 1 is 1.40 bits per heavy atom. The first-order valence-electron chi connectivity index (χ1n) is 5.72. The van der Waals surface area contributed by atoms with Crippen molar-refractivity contribution in [2.45, 2.75) is 6.92 Å². The van der Waals surface area contributed by atoms with Gasteiger partial charge in [-0.1, -0.05) is 6.07 Å². The molecule has 1 aromatic carbocycles. The molecule has 6 nitrogen and oxygen atoms in total. The number of methoxy groups -OCH3 is 1. The van der Waals surface area contributed by atoms with Crippen molar-refractivity contribution >= 4 is 28.3 Å². The first kappa shape index (κ1) is 14.0. The van der Waals surface area contributed by atoms with E-state index in [9.17, 15) is 9.59 Å². The van der Waals surface area contributed by atoms with Gasteiger partial charge in [0, 0.05) is 10.9 Å². The van der Waals surface area contributed by atoms with Crippen molar-refractivity contribution in [1.82, 2.24) is 4.98 Å². The van der Waals surface area contributed by atoms with E-state index in [1.807, 2.05) is 6.92 Å². The van der Waals surface area contributed by atoms with Gasteiger partial charge >= 0.3 is 0 Å². The summed E-state index contributed by atoms with van der Waals surface area (Å²) in [6.07, 6.45) is 0. The molecule has 0 fully saturated rings. The molecular formula is C13H13N3O3S. The van der Waals surface area contributed by atoms with Gasteiger partial charge in [0.25, 0.3) is 11.8 Å². The molecule has 0 aliphatic rings. The largest absolute Gasteiger partial charge is 0.496 e. The number of nitrogens with two attached hydrogens (primary N) is 1. The van der Waals surface area contributed by atoms with Gasteiger partial charge in [-0.2, -0.15) is 0 Å². The van der Waals surface area contributed by atoms with Crippen LogP contribution in [0.1, 0.15) is 26.4 Å².